The molecule has 0 radical (unpaired) electrons. The summed E-state index contributed by atoms with van der Waals surface area (Å²) in [5, 5.41) is 12.7. The molecule has 0 unspecified atom stereocenters. The van der Waals surface area contributed by atoms with Crippen LogP contribution in [0.15, 0.2) is 72.9 Å². The summed E-state index contributed by atoms with van der Waals surface area (Å²) in [6, 6.07) is 19.6. The second-order valence-electron chi connectivity index (χ2n) is 7.26. The van der Waals surface area contributed by atoms with E-state index in [2.05, 4.69) is 15.1 Å². The predicted octanol–water partition coefficient (Wildman–Crippen LogP) is 4.24. The van der Waals surface area contributed by atoms with Crippen LogP contribution in [0.5, 0.6) is 5.75 Å². The molecule has 0 bridgehead atoms. The Kier molecular flexibility index (Phi) is 6.15. The van der Waals surface area contributed by atoms with Crippen LogP contribution in [0.25, 0.3) is 10.5 Å². The minimum Gasteiger partial charge on any atom is -0.486 e. The summed E-state index contributed by atoms with van der Waals surface area (Å²) < 4.78 is 7.65. The number of imidazole rings is 1. The number of amides is 1. The molecule has 2 aromatic heterocycles. The fourth-order valence-electron chi connectivity index (χ4n) is 3.59. The molecule has 0 aliphatic heterocycles. The Labute approximate surface area is 185 Å². The smallest absolute Gasteiger partial charge is 0.270 e. The Morgan fingerprint density at radius 2 is 1.91 bits per heavy atom. The van der Waals surface area contributed by atoms with Gasteiger partial charge in [-0.25, -0.2) is 9.83 Å². The molecule has 0 spiro atoms. The van der Waals surface area contributed by atoms with Crippen molar-refractivity contribution in [2.45, 2.75) is 19.6 Å². The average molecular weight is 426 g/mol. The van der Waals surface area contributed by atoms with Gasteiger partial charge >= 0.3 is 0 Å². The van der Waals surface area contributed by atoms with Gasteiger partial charge in [0, 0.05) is 6.20 Å². The molecule has 32 heavy (non-hydrogen) atoms. The number of hydrogen-bond donors (Lipinski definition) is 2. The number of nitrogens with one attached hydrogen (secondary N) is 1. The summed E-state index contributed by atoms with van der Waals surface area (Å²) in [5.74, 6) is 0.171. The molecule has 7 heteroatoms. The number of rotatable bonds is 7. The van der Waals surface area contributed by atoms with Crippen LogP contribution in [-0.4, -0.2) is 27.0 Å². The summed E-state index contributed by atoms with van der Waals surface area (Å²) in [5.41, 5.74) is 3.56. The van der Waals surface area contributed by atoms with Crippen molar-refractivity contribution in [2.24, 2.45) is 0 Å². The van der Waals surface area contributed by atoms with Crippen molar-refractivity contribution in [3.05, 3.63) is 107 Å². The molecule has 7 nitrogen and oxygen atoms in total. The zero-order chi connectivity index (χ0) is 22.5. The molecule has 0 aliphatic rings. The maximum atomic E-state index is 13.1. The Balaban J connectivity index is 1.61. The molecule has 2 aromatic carbocycles. The van der Waals surface area contributed by atoms with Gasteiger partial charge in [0.2, 0.25) is 0 Å². The van der Waals surface area contributed by atoms with E-state index in [4.69, 9.17) is 11.3 Å². The van der Waals surface area contributed by atoms with Gasteiger partial charge in [0.1, 0.15) is 12.3 Å². The molecule has 1 amide bonds. The lowest BCUT2D eigenvalue weighted by Crippen LogP contribution is -2.32. The highest BCUT2D eigenvalue weighted by molar-refractivity contribution is 5.95. The maximum Gasteiger partial charge on any atom is 0.270 e. The van der Waals surface area contributed by atoms with E-state index in [1.165, 1.54) is 0 Å². The van der Waals surface area contributed by atoms with Crippen molar-refractivity contribution in [1.29, 1.82) is 0 Å². The summed E-state index contributed by atoms with van der Waals surface area (Å²) in [4.78, 5) is 21.2. The first-order chi connectivity index (χ1) is 15.6. The second-order valence-corrected chi connectivity index (χ2v) is 7.26. The highest BCUT2D eigenvalue weighted by Gasteiger charge is 2.22. The first-order valence-electron chi connectivity index (χ1n) is 10.1. The molecule has 4 rings (SSSR count). The monoisotopic (exact) mass is 426 g/mol. The Morgan fingerprint density at radius 1 is 1.16 bits per heavy atom. The number of aromatic nitrogens is 2. The molecule has 4 aromatic rings. The third-order valence-electron chi connectivity index (χ3n) is 5.19. The van der Waals surface area contributed by atoms with E-state index < -0.39 is 6.04 Å². The second kappa shape index (κ2) is 9.33. The first kappa shape index (κ1) is 21.1. The number of carbonyl (C=O) groups is 1. The van der Waals surface area contributed by atoms with Gasteiger partial charge in [-0.3, -0.25) is 9.20 Å². The van der Waals surface area contributed by atoms with E-state index in [0.717, 1.165) is 11.1 Å². The molecule has 1 atom stereocenters. The van der Waals surface area contributed by atoms with Crippen molar-refractivity contribution in [3.63, 3.8) is 0 Å². The summed E-state index contributed by atoms with van der Waals surface area (Å²) >= 11 is 0. The van der Waals surface area contributed by atoms with Crippen molar-refractivity contribution in [3.8, 4) is 5.75 Å². The van der Waals surface area contributed by atoms with Crippen molar-refractivity contribution in [2.75, 3.05) is 6.61 Å². The van der Waals surface area contributed by atoms with Crippen LogP contribution in [0.4, 0.5) is 5.69 Å². The standard InChI is InChI=1S/C25H22N4O3/c1-17-23(25(31)28-21(15-30)18-9-4-3-5-10-18)29-14-8-13-22(24(29)27-17)32-16-19-11-6-7-12-20(19)26-2/h3-14,21,30H,15-16H2,1H3,(H,28,31)/t21-/m0/s1. The van der Waals surface area contributed by atoms with Crippen molar-refractivity contribution >= 4 is 17.2 Å². The van der Waals surface area contributed by atoms with Gasteiger partial charge in [0.25, 0.3) is 5.91 Å². The molecule has 160 valence electrons. The molecule has 0 saturated heterocycles. The van der Waals surface area contributed by atoms with E-state index in [-0.39, 0.29) is 19.1 Å². The van der Waals surface area contributed by atoms with Gasteiger partial charge in [0.15, 0.2) is 17.1 Å². The SMILES string of the molecule is [C-]#[N+]c1ccccc1COc1cccn2c(C(=O)N[C@@H](CO)c3ccccc3)c(C)nc12. The number of nitrogens with zero attached hydrogens (tertiary/aromatic N) is 3. The lowest BCUT2D eigenvalue weighted by atomic mass is 10.1. The predicted molar refractivity (Wildman–Crippen MR) is 121 cm³/mol. The molecule has 0 aliphatic carbocycles. The summed E-state index contributed by atoms with van der Waals surface area (Å²) in [7, 11) is 0. The van der Waals surface area contributed by atoms with E-state index in [1.54, 1.807) is 35.7 Å². The molecular weight excluding hydrogens is 404 g/mol. The zero-order valence-corrected chi connectivity index (χ0v) is 17.5. The minimum absolute atomic E-state index is 0.215. The molecular formula is C25H22N4O3. The Hall–Kier alpha value is -4.15. The van der Waals surface area contributed by atoms with Crippen LogP contribution >= 0.6 is 0 Å². The number of para-hydroxylation sites is 1. The molecule has 0 saturated carbocycles. The zero-order valence-electron chi connectivity index (χ0n) is 17.5. The normalized spacial score (nSPS) is 11.7. The number of benzene rings is 2. The number of carbonyl (C=O) groups excluding carboxylic acids is 1. The van der Waals surface area contributed by atoms with Crippen LogP contribution in [0.1, 0.15) is 33.4 Å². The highest BCUT2D eigenvalue weighted by atomic mass is 16.5. The fraction of sp³-hybridized carbons (Fsp3) is 0.160. The van der Waals surface area contributed by atoms with Crippen LogP contribution in [0, 0.1) is 13.5 Å². The minimum atomic E-state index is -0.529. The van der Waals surface area contributed by atoms with Crippen LogP contribution in [0.2, 0.25) is 0 Å². The Morgan fingerprint density at radius 3 is 2.66 bits per heavy atom. The van der Waals surface area contributed by atoms with Gasteiger partial charge in [-0.15, -0.1) is 0 Å². The van der Waals surface area contributed by atoms with Gasteiger partial charge in [0.05, 0.1) is 24.9 Å². The van der Waals surface area contributed by atoms with E-state index in [1.807, 2.05) is 48.5 Å². The highest BCUT2D eigenvalue weighted by Crippen LogP contribution is 2.26. The van der Waals surface area contributed by atoms with Crippen LogP contribution < -0.4 is 10.1 Å². The fourth-order valence-corrected chi connectivity index (χ4v) is 3.59. The van der Waals surface area contributed by atoms with Crippen molar-refractivity contribution in [1.82, 2.24) is 14.7 Å². The molecule has 2 heterocycles. The van der Waals surface area contributed by atoms with Gasteiger partial charge in [-0.05, 0) is 30.2 Å². The first-order valence-corrected chi connectivity index (χ1v) is 10.1. The van der Waals surface area contributed by atoms with Gasteiger partial charge in [-0.1, -0.05) is 54.6 Å². The van der Waals surface area contributed by atoms with E-state index in [0.29, 0.717) is 28.5 Å². The molecule has 0 fully saturated rings. The molecule has 2 N–H and O–H groups in total. The third kappa shape index (κ3) is 4.17. The lowest BCUT2D eigenvalue weighted by Gasteiger charge is -2.17. The maximum absolute atomic E-state index is 13.1. The van der Waals surface area contributed by atoms with Crippen LogP contribution in [-0.2, 0) is 6.61 Å². The van der Waals surface area contributed by atoms with Crippen LogP contribution in [0.3, 0.4) is 0 Å². The summed E-state index contributed by atoms with van der Waals surface area (Å²) in [6.07, 6.45) is 1.75. The number of aryl methyl sites for hydroxylation is 1. The number of ether oxygens (including phenoxy) is 1. The van der Waals surface area contributed by atoms with Crippen molar-refractivity contribution < 1.29 is 14.6 Å². The van der Waals surface area contributed by atoms with Gasteiger partial charge in [-0.2, -0.15) is 0 Å². The number of hydrogen-bond acceptors (Lipinski definition) is 4. The number of aliphatic hydroxyl groups is 1. The number of aliphatic hydroxyl groups excluding tert-OH is 1. The third-order valence-corrected chi connectivity index (χ3v) is 5.19. The topological polar surface area (TPSA) is 80.2 Å². The van der Waals surface area contributed by atoms with E-state index in [9.17, 15) is 9.90 Å². The number of fused-ring (bicyclic) bond motifs is 1. The summed E-state index contributed by atoms with van der Waals surface area (Å²) in [6.45, 7) is 9.06. The van der Waals surface area contributed by atoms with E-state index >= 15 is 0 Å². The quantitative estimate of drug-likeness (QED) is 0.433. The Bertz CT molecular complexity index is 1290. The van der Waals surface area contributed by atoms with Gasteiger partial charge < -0.3 is 15.2 Å². The number of pyridine rings is 1. The lowest BCUT2D eigenvalue weighted by molar-refractivity contribution is 0.0909. The average Bonchev–Trinajstić information content (AvgIpc) is 3.18. The largest absolute Gasteiger partial charge is 0.486 e.